The van der Waals surface area contributed by atoms with Crippen molar-refractivity contribution in [1.29, 1.82) is 0 Å². The summed E-state index contributed by atoms with van der Waals surface area (Å²) in [7, 11) is 4.30. The Hall–Kier alpha value is -1.40. The fourth-order valence-electron chi connectivity index (χ4n) is 2.84. The summed E-state index contributed by atoms with van der Waals surface area (Å²) in [4.78, 5) is 13.5. The lowest BCUT2D eigenvalue weighted by Crippen LogP contribution is -2.36. The Balaban J connectivity index is 2.09. The van der Waals surface area contributed by atoms with Crippen molar-refractivity contribution in [3.8, 4) is 0 Å². The van der Waals surface area contributed by atoms with Gasteiger partial charge in [-0.3, -0.25) is 0 Å². The summed E-state index contributed by atoms with van der Waals surface area (Å²) in [6, 6.07) is 0. The van der Waals surface area contributed by atoms with Gasteiger partial charge in [-0.05, 0) is 52.7 Å². The van der Waals surface area contributed by atoms with E-state index in [0.717, 1.165) is 29.7 Å². The minimum atomic E-state index is 0.711. The minimum absolute atomic E-state index is 0.711. The van der Waals surface area contributed by atoms with Crippen molar-refractivity contribution in [3.05, 3.63) is 11.4 Å². The lowest BCUT2D eigenvalue weighted by Gasteiger charge is -2.32. The molecule has 6 heteroatoms. The lowest BCUT2D eigenvalue weighted by atomic mass is 9.96. The van der Waals surface area contributed by atoms with Crippen LogP contribution in [0, 0.1) is 19.8 Å². The van der Waals surface area contributed by atoms with Gasteiger partial charge in [0.05, 0.1) is 0 Å². The maximum absolute atomic E-state index is 5.52. The van der Waals surface area contributed by atoms with Gasteiger partial charge in [0.15, 0.2) is 0 Å². The highest BCUT2D eigenvalue weighted by atomic mass is 15.3. The summed E-state index contributed by atoms with van der Waals surface area (Å²) in [6.45, 7) is 7.32. The fourth-order valence-corrected chi connectivity index (χ4v) is 2.84. The van der Waals surface area contributed by atoms with Crippen LogP contribution >= 0.6 is 0 Å². The molecule has 2 rings (SSSR count). The number of aryl methyl sites for hydroxylation is 1. The molecule has 1 fully saturated rings. The van der Waals surface area contributed by atoms with Gasteiger partial charge >= 0.3 is 0 Å². The van der Waals surface area contributed by atoms with Crippen molar-refractivity contribution in [1.82, 2.24) is 14.9 Å². The SMILES string of the molecule is Cc1nc(NN)c(C)c(N(C)CC2CCN(C)CC2)n1. The molecule has 1 aromatic rings. The predicted octanol–water partition coefficient (Wildman–Crippen LogP) is 1.16. The highest BCUT2D eigenvalue weighted by Crippen LogP contribution is 2.24. The number of anilines is 2. The molecular weight excluding hydrogens is 252 g/mol. The molecule has 1 aliphatic heterocycles. The fraction of sp³-hybridized carbons (Fsp3) is 0.714. The van der Waals surface area contributed by atoms with E-state index in [4.69, 9.17) is 5.84 Å². The molecule has 0 spiro atoms. The number of likely N-dealkylation sites (tertiary alicyclic amines) is 1. The number of aromatic nitrogens is 2. The van der Waals surface area contributed by atoms with Crippen LogP contribution in [0.15, 0.2) is 0 Å². The third-order valence-electron chi connectivity index (χ3n) is 4.10. The topological polar surface area (TPSA) is 70.3 Å². The summed E-state index contributed by atoms with van der Waals surface area (Å²) in [5, 5.41) is 0. The number of hydrogen-bond donors (Lipinski definition) is 2. The van der Waals surface area contributed by atoms with E-state index in [1.54, 1.807) is 0 Å². The van der Waals surface area contributed by atoms with Crippen LogP contribution in [0.4, 0.5) is 11.6 Å². The molecule has 1 saturated heterocycles. The second-order valence-corrected chi connectivity index (χ2v) is 5.84. The van der Waals surface area contributed by atoms with Crippen LogP contribution in [0.3, 0.4) is 0 Å². The largest absolute Gasteiger partial charge is 0.359 e. The Kier molecular flexibility index (Phi) is 4.77. The van der Waals surface area contributed by atoms with E-state index >= 15 is 0 Å². The first-order chi connectivity index (χ1) is 9.51. The first-order valence-electron chi connectivity index (χ1n) is 7.22. The van der Waals surface area contributed by atoms with Crippen LogP contribution in [0.1, 0.15) is 24.2 Å². The van der Waals surface area contributed by atoms with E-state index in [2.05, 4.69) is 39.3 Å². The number of nitrogens with two attached hydrogens (primary N) is 1. The standard InChI is InChI=1S/C14H26N6/c1-10-13(18-15)16-11(2)17-14(10)20(4)9-12-5-7-19(3)8-6-12/h12H,5-9,15H2,1-4H3,(H,16,17,18). The molecule has 3 N–H and O–H groups in total. The average Bonchev–Trinajstić information content (AvgIpc) is 2.43. The number of piperidine rings is 1. The van der Waals surface area contributed by atoms with Gasteiger partial charge in [-0.1, -0.05) is 0 Å². The third kappa shape index (κ3) is 3.37. The Morgan fingerprint density at radius 3 is 2.55 bits per heavy atom. The molecule has 2 heterocycles. The van der Waals surface area contributed by atoms with Crippen molar-refractivity contribution in [3.63, 3.8) is 0 Å². The highest BCUT2D eigenvalue weighted by molar-refractivity contribution is 5.57. The van der Waals surface area contributed by atoms with Gasteiger partial charge in [-0.25, -0.2) is 15.8 Å². The van der Waals surface area contributed by atoms with E-state index in [1.165, 1.54) is 25.9 Å². The van der Waals surface area contributed by atoms with Crippen molar-refractivity contribution in [2.45, 2.75) is 26.7 Å². The van der Waals surface area contributed by atoms with Crippen LogP contribution < -0.4 is 16.2 Å². The van der Waals surface area contributed by atoms with E-state index in [1.807, 2.05) is 13.8 Å². The van der Waals surface area contributed by atoms with Gasteiger partial charge in [0.2, 0.25) is 0 Å². The minimum Gasteiger partial charge on any atom is -0.359 e. The zero-order valence-electron chi connectivity index (χ0n) is 13.0. The summed E-state index contributed by atoms with van der Waals surface area (Å²) in [5.74, 6) is 8.69. The second kappa shape index (κ2) is 6.37. The second-order valence-electron chi connectivity index (χ2n) is 5.84. The third-order valence-corrected chi connectivity index (χ3v) is 4.10. The quantitative estimate of drug-likeness (QED) is 0.636. The molecule has 6 nitrogen and oxygen atoms in total. The highest BCUT2D eigenvalue weighted by Gasteiger charge is 2.20. The van der Waals surface area contributed by atoms with Crippen molar-refractivity contribution < 1.29 is 0 Å². The maximum Gasteiger partial charge on any atom is 0.148 e. The van der Waals surface area contributed by atoms with E-state index in [9.17, 15) is 0 Å². The van der Waals surface area contributed by atoms with Crippen LogP contribution in [0.2, 0.25) is 0 Å². The molecule has 0 atom stereocenters. The molecule has 20 heavy (non-hydrogen) atoms. The van der Waals surface area contributed by atoms with Crippen molar-refractivity contribution in [2.24, 2.45) is 11.8 Å². The number of rotatable bonds is 4. The Morgan fingerprint density at radius 1 is 1.30 bits per heavy atom. The Bertz CT molecular complexity index is 453. The number of hydrazine groups is 1. The van der Waals surface area contributed by atoms with E-state index in [0.29, 0.717) is 5.82 Å². The monoisotopic (exact) mass is 278 g/mol. The van der Waals surface area contributed by atoms with Crippen LogP contribution in [-0.2, 0) is 0 Å². The molecule has 1 aliphatic rings. The summed E-state index contributed by atoms with van der Waals surface area (Å²) < 4.78 is 0. The van der Waals surface area contributed by atoms with Gasteiger partial charge in [-0.15, -0.1) is 0 Å². The van der Waals surface area contributed by atoms with E-state index in [-0.39, 0.29) is 0 Å². The number of nitrogen functional groups attached to an aromatic ring is 1. The van der Waals surface area contributed by atoms with Crippen LogP contribution in [0.25, 0.3) is 0 Å². The molecule has 0 aliphatic carbocycles. The smallest absolute Gasteiger partial charge is 0.148 e. The molecule has 0 saturated carbocycles. The van der Waals surface area contributed by atoms with Crippen molar-refractivity contribution >= 4 is 11.6 Å². The van der Waals surface area contributed by atoms with Gasteiger partial charge in [0, 0.05) is 19.2 Å². The molecule has 112 valence electrons. The number of nitrogens with one attached hydrogen (secondary N) is 1. The zero-order chi connectivity index (χ0) is 14.7. The van der Waals surface area contributed by atoms with Crippen LogP contribution in [0.5, 0.6) is 0 Å². The molecule has 1 aromatic heterocycles. The molecule has 0 radical (unpaired) electrons. The van der Waals surface area contributed by atoms with Gasteiger partial charge in [0.1, 0.15) is 17.5 Å². The molecule has 0 aromatic carbocycles. The van der Waals surface area contributed by atoms with Crippen LogP contribution in [-0.4, -0.2) is 48.6 Å². The molecule has 0 amide bonds. The molecule has 0 unspecified atom stereocenters. The van der Waals surface area contributed by atoms with Gasteiger partial charge in [-0.2, -0.15) is 0 Å². The molecular formula is C14H26N6. The Labute approximate surface area is 121 Å². The lowest BCUT2D eigenvalue weighted by molar-refractivity contribution is 0.222. The summed E-state index contributed by atoms with van der Waals surface area (Å²) >= 11 is 0. The number of hydrogen-bond acceptors (Lipinski definition) is 6. The normalized spacial score (nSPS) is 17.2. The summed E-state index contributed by atoms with van der Waals surface area (Å²) in [5.41, 5.74) is 3.66. The number of nitrogens with zero attached hydrogens (tertiary/aromatic N) is 4. The maximum atomic E-state index is 5.52. The summed E-state index contributed by atoms with van der Waals surface area (Å²) in [6.07, 6.45) is 2.51. The van der Waals surface area contributed by atoms with Crippen molar-refractivity contribution in [2.75, 3.05) is 44.1 Å². The van der Waals surface area contributed by atoms with Gasteiger partial charge in [0.25, 0.3) is 0 Å². The molecule has 0 bridgehead atoms. The zero-order valence-corrected chi connectivity index (χ0v) is 13.0. The first kappa shape index (κ1) is 15.0. The first-order valence-corrected chi connectivity index (χ1v) is 7.22. The Morgan fingerprint density at radius 2 is 1.95 bits per heavy atom. The van der Waals surface area contributed by atoms with Gasteiger partial charge < -0.3 is 15.2 Å². The average molecular weight is 278 g/mol. The predicted molar refractivity (Wildman–Crippen MR) is 82.8 cm³/mol. The van der Waals surface area contributed by atoms with E-state index < -0.39 is 0 Å².